The second-order valence-corrected chi connectivity index (χ2v) is 5.84. The summed E-state index contributed by atoms with van der Waals surface area (Å²) in [6.45, 7) is 2.61. The second kappa shape index (κ2) is 6.73. The lowest BCUT2D eigenvalue weighted by molar-refractivity contribution is 0.0950. The van der Waals surface area contributed by atoms with E-state index in [4.69, 9.17) is 5.73 Å². The summed E-state index contributed by atoms with van der Waals surface area (Å²) >= 11 is 2.24. The lowest BCUT2D eigenvalue weighted by atomic mass is 10.1. The molecule has 0 radical (unpaired) electrons. The highest BCUT2D eigenvalue weighted by atomic mass is 127. The molecule has 2 rings (SSSR count). The molecular formula is C13H18ClIN2O. The van der Waals surface area contributed by atoms with E-state index in [0.717, 1.165) is 3.57 Å². The first-order chi connectivity index (χ1) is 8.08. The molecule has 1 aromatic carbocycles. The van der Waals surface area contributed by atoms with Gasteiger partial charge in [-0.3, -0.25) is 4.79 Å². The highest BCUT2D eigenvalue weighted by Gasteiger charge is 2.28. The Morgan fingerprint density at radius 2 is 2.22 bits per heavy atom. The second-order valence-electron chi connectivity index (χ2n) is 4.68. The SMILES string of the molecule is Cc1ccc(C(=O)NCC(N)C2CC2)cc1I.Cl. The van der Waals surface area contributed by atoms with Gasteiger partial charge >= 0.3 is 0 Å². The summed E-state index contributed by atoms with van der Waals surface area (Å²) in [6, 6.07) is 5.85. The van der Waals surface area contributed by atoms with Crippen LogP contribution in [0.1, 0.15) is 28.8 Å². The number of rotatable bonds is 4. The summed E-state index contributed by atoms with van der Waals surface area (Å²) in [5.41, 5.74) is 7.85. The Morgan fingerprint density at radius 1 is 1.56 bits per heavy atom. The number of hydrogen-bond acceptors (Lipinski definition) is 2. The maximum atomic E-state index is 11.9. The maximum Gasteiger partial charge on any atom is 0.251 e. The quantitative estimate of drug-likeness (QED) is 0.789. The van der Waals surface area contributed by atoms with E-state index >= 15 is 0 Å². The van der Waals surface area contributed by atoms with Gasteiger partial charge in [0.1, 0.15) is 0 Å². The van der Waals surface area contributed by atoms with E-state index in [1.54, 1.807) is 0 Å². The Balaban J connectivity index is 0.00000162. The molecule has 0 aliphatic heterocycles. The van der Waals surface area contributed by atoms with Crippen LogP contribution in [0.15, 0.2) is 18.2 Å². The van der Waals surface area contributed by atoms with Crippen LogP contribution >= 0.6 is 35.0 Å². The van der Waals surface area contributed by atoms with Gasteiger partial charge in [0.25, 0.3) is 5.91 Å². The van der Waals surface area contributed by atoms with E-state index in [9.17, 15) is 4.79 Å². The summed E-state index contributed by atoms with van der Waals surface area (Å²) < 4.78 is 1.11. The fraction of sp³-hybridized carbons (Fsp3) is 0.462. The highest BCUT2D eigenvalue weighted by molar-refractivity contribution is 14.1. The molecule has 0 saturated heterocycles. The zero-order valence-corrected chi connectivity index (χ0v) is 13.3. The monoisotopic (exact) mass is 380 g/mol. The van der Waals surface area contributed by atoms with E-state index in [2.05, 4.69) is 27.9 Å². The number of benzene rings is 1. The van der Waals surface area contributed by atoms with Crippen molar-refractivity contribution >= 4 is 40.9 Å². The molecule has 3 nitrogen and oxygen atoms in total. The van der Waals surface area contributed by atoms with Crippen molar-refractivity contribution in [2.24, 2.45) is 11.7 Å². The summed E-state index contributed by atoms with van der Waals surface area (Å²) in [5, 5.41) is 2.90. The van der Waals surface area contributed by atoms with Gasteiger partial charge in [0.2, 0.25) is 0 Å². The molecule has 1 aliphatic carbocycles. The minimum atomic E-state index is -0.0287. The van der Waals surface area contributed by atoms with E-state index in [0.29, 0.717) is 18.0 Å². The lowest BCUT2D eigenvalue weighted by Gasteiger charge is -2.12. The number of carbonyl (C=O) groups is 1. The van der Waals surface area contributed by atoms with E-state index < -0.39 is 0 Å². The number of nitrogens with one attached hydrogen (secondary N) is 1. The molecule has 18 heavy (non-hydrogen) atoms. The number of nitrogens with two attached hydrogens (primary N) is 1. The molecule has 5 heteroatoms. The van der Waals surface area contributed by atoms with Crippen LogP contribution in [0.3, 0.4) is 0 Å². The van der Waals surface area contributed by atoms with Gasteiger partial charge < -0.3 is 11.1 Å². The van der Waals surface area contributed by atoms with Crippen LogP contribution in [-0.4, -0.2) is 18.5 Å². The number of halogens is 2. The summed E-state index contributed by atoms with van der Waals surface area (Å²) in [4.78, 5) is 11.9. The number of hydrogen-bond donors (Lipinski definition) is 2. The van der Waals surface area contributed by atoms with Gasteiger partial charge in [0.05, 0.1) is 0 Å². The molecular weight excluding hydrogens is 363 g/mol. The average molecular weight is 381 g/mol. The smallest absolute Gasteiger partial charge is 0.251 e. The normalized spacial score (nSPS) is 15.7. The molecule has 3 N–H and O–H groups in total. The molecule has 1 saturated carbocycles. The molecule has 0 heterocycles. The molecule has 0 bridgehead atoms. The zero-order chi connectivity index (χ0) is 12.4. The van der Waals surface area contributed by atoms with Crippen molar-refractivity contribution in [3.8, 4) is 0 Å². The zero-order valence-electron chi connectivity index (χ0n) is 10.3. The van der Waals surface area contributed by atoms with E-state index in [-0.39, 0.29) is 24.4 Å². The molecule has 1 fully saturated rings. The standard InChI is InChI=1S/C13H17IN2O.ClH/c1-8-2-3-10(6-11(8)14)13(17)16-7-12(15)9-4-5-9;/h2-3,6,9,12H,4-5,7,15H2,1H3,(H,16,17);1H. The predicted octanol–water partition coefficient (Wildman–Crippen LogP) is 2.49. The van der Waals surface area contributed by atoms with Crippen LogP contribution in [0.2, 0.25) is 0 Å². The number of carbonyl (C=O) groups excluding carboxylic acids is 1. The van der Waals surface area contributed by atoms with E-state index in [1.165, 1.54) is 18.4 Å². The largest absolute Gasteiger partial charge is 0.350 e. The molecule has 1 unspecified atom stereocenters. The average Bonchev–Trinajstić information content (AvgIpc) is 3.13. The number of aryl methyl sites for hydroxylation is 1. The first kappa shape index (κ1) is 15.7. The molecule has 1 aromatic rings. The highest BCUT2D eigenvalue weighted by Crippen LogP contribution is 2.31. The topological polar surface area (TPSA) is 55.1 Å². The first-order valence-electron chi connectivity index (χ1n) is 5.88. The van der Waals surface area contributed by atoms with Crippen molar-refractivity contribution in [3.63, 3.8) is 0 Å². The predicted molar refractivity (Wildman–Crippen MR) is 84.2 cm³/mol. The van der Waals surface area contributed by atoms with Crippen LogP contribution in [0, 0.1) is 16.4 Å². The Kier molecular flexibility index (Phi) is 5.88. The third kappa shape index (κ3) is 4.10. The minimum Gasteiger partial charge on any atom is -0.350 e. The van der Waals surface area contributed by atoms with Gasteiger partial charge in [-0.25, -0.2) is 0 Å². The van der Waals surface area contributed by atoms with E-state index in [1.807, 2.05) is 25.1 Å². The molecule has 1 amide bonds. The van der Waals surface area contributed by atoms with Crippen LogP contribution in [0.5, 0.6) is 0 Å². The fourth-order valence-corrected chi connectivity index (χ4v) is 2.25. The Morgan fingerprint density at radius 3 is 2.78 bits per heavy atom. The van der Waals surface area contributed by atoms with Crippen molar-refractivity contribution in [1.29, 1.82) is 0 Å². The first-order valence-corrected chi connectivity index (χ1v) is 6.95. The summed E-state index contributed by atoms with van der Waals surface area (Å²) in [7, 11) is 0. The Hall–Kier alpha value is -0.330. The third-order valence-electron chi connectivity index (χ3n) is 3.16. The van der Waals surface area contributed by atoms with Crippen molar-refractivity contribution < 1.29 is 4.79 Å². The molecule has 1 aliphatic rings. The maximum absolute atomic E-state index is 11.9. The van der Waals surface area contributed by atoms with Gasteiger partial charge in [-0.15, -0.1) is 12.4 Å². The van der Waals surface area contributed by atoms with Gasteiger partial charge in [0, 0.05) is 21.7 Å². The minimum absolute atomic E-state index is 0. The van der Waals surface area contributed by atoms with Crippen LogP contribution in [0.25, 0.3) is 0 Å². The summed E-state index contributed by atoms with van der Waals surface area (Å²) in [6.07, 6.45) is 2.42. The van der Waals surface area contributed by atoms with Crippen molar-refractivity contribution in [3.05, 3.63) is 32.9 Å². The van der Waals surface area contributed by atoms with Gasteiger partial charge in [-0.1, -0.05) is 6.07 Å². The molecule has 100 valence electrons. The Labute approximate surface area is 127 Å². The third-order valence-corrected chi connectivity index (χ3v) is 4.32. The molecule has 0 aromatic heterocycles. The van der Waals surface area contributed by atoms with Gasteiger partial charge in [-0.05, 0) is 66.0 Å². The summed E-state index contributed by atoms with van der Waals surface area (Å²) in [5.74, 6) is 0.590. The lowest BCUT2D eigenvalue weighted by Crippen LogP contribution is -2.38. The van der Waals surface area contributed by atoms with Crippen LogP contribution in [0.4, 0.5) is 0 Å². The molecule has 1 atom stereocenters. The van der Waals surface area contributed by atoms with Crippen molar-refractivity contribution in [1.82, 2.24) is 5.32 Å². The van der Waals surface area contributed by atoms with Crippen LogP contribution in [-0.2, 0) is 0 Å². The van der Waals surface area contributed by atoms with Gasteiger partial charge in [-0.2, -0.15) is 0 Å². The number of amides is 1. The van der Waals surface area contributed by atoms with Gasteiger partial charge in [0.15, 0.2) is 0 Å². The Bertz CT molecular complexity index is 435. The fourth-order valence-electron chi connectivity index (χ4n) is 1.74. The van der Waals surface area contributed by atoms with Crippen molar-refractivity contribution in [2.45, 2.75) is 25.8 Å². The van der Waals surface area contributed by atoms with Crippen LogP contribution < -0.4 is 11.1 Å². The van der Waals surface area contributed by atoms with Crippen molar-refractivity contribution in [2.75, 3.05) is 6.54 Å². The molecule has 0 spiro atoms.